The lowest BCUT2D eigenvalue weighted by Crippen LogP contribution is -2.22. The third-order valence-corrected chi connectivity index (χ3v) is 5.43. The predicted molar refractivity (Wildman–Crippen MR) is 108 cm³/mol. The van der Waals surface area contributed by atoms with Crippen LogP contribution in [-0.4, -0.2) is 36.9 Å². The second kappa shape index (κ2) is 8.84. The van der Waals surface area contributed by atoms with Crippen LogP contribution in [0.15, 0.2) is 48.7 Å². The fraction of sp³-hybridized carbons (Fsp3) is 0.238. The van der Waals surface area contributed by atoms with Gasteiger partial charge in [-0.15, -0.1) is 11.3 Å². The second-order valence-corrected chi connectivity index (χ2v) is 7.69. The molecule has 0 radical (unpaired) electrons. The number of carbonyl (C=O) groups excluding carboxylic acids is 1. The van der Waals surface area contributed by atoms with Gasteiger partial charge in [0.05, 0.1) is 4.88 Å². The molecule has 0 bridgehead atoms. The van der Waals surface area contributed by atoms with Gasteiger partial charge in [0.2, 0.25) is 5.88 Å². The van der Waals surface area contributed by atoms with Gasteiger partial charge in [0, 0.05) is 23.7 Å². The zero-order valence-electron chi connectivity index (χ0n) is 16.1. The lowest BCUT2D eigenvalue weighted by atomic mass is 10.1. The van der Waals surface area contributed by atoms with Crippen LogP contribution in [0, 0.1) is 0 Å². The number of thiophene rings is 1. The first-order valence-corrected chi connectivity index (χ1v) is 10.1. The fourth-order valence-electron chi connectivity index (χ4n) is 2.88. The highest BCUT2D eigenvalue weighted by molar-refractivity contribution is 7.17. The van der Waals surface area contributed by atoms with E-state index < -0.39 is 12.8 Å². The van der Waals surface area contributed by atoms with Gasteiger partial charge >= 0.3 is 6.18 Å². The maximum atomic E-state index is 12.5. The number of ether oxygens (including phenoxy) is 3. The summed E-state index contributed by atoms with van der Waals surface area (Å²) < 4.78 is 52.5. The Bertz CT molecular complexity index is 1080. The molecule has 0 saturated heterocycles. The molecule has 1 aliphatic rings. The van der Waals surface area contributed by atoms with Gasteiger partial charge in [-0.1, -0.05) is 0 Å². The zero-order valence-corrected chi connectivity index (χ0v) is 16.9. The first kappa shape index (κ1) is 21.0. The number of hydrogen-bond donors (Lipinski definition) is 1. The summed E-state index contributed by atoms with van der Waals surface area (Å²) in [6.45, 7) is -0.287. The quantitative estimate of drug-likeness (QED) is 0.601. The van der Waals surface area contributed by atoms with Gasteiger partial charge in [-0.2, -0.15) is 13.2 Å². The molecule has 1 aliphatic heterocycles. The molecule has 6 nitrogen and oxygen atoms in total. The monoisotopic (exact) mass is 450 g/mol. The Kier molecular flexibility index (Phi) is 5.99. The molecule has 3 heterocycles. The van der Waals surface area contributed by atoms with Crippen LogP contribution in [0.5, 0.6) is 17.4 Å². The van der Waals surface area contributed by atoms with Crippen molar-refractivity contribution < 1.29 is 32.2 Å². The van der Waals surface area contributed by atoms with Crippen molar-refractivity contribution in [2.45, 2.75) is 12.7 Å². The third-order valence-electron chi connectivity index (χ3n) is 4.29. The highest BCUT2D eigenvalue weighted by atomic mass is 32.1. The molecule has 3 aromatic rings. The van der Waals surface area contributed by atoms with Crippen LogP contribution >= 0.6 is 11.3 Å². The van der Waals surface area contributed by atoms with Crippen molar-refractivity contribution in [3.63, 3.8) is 0 Å². The number of pyridine rings is 1. The third kappa shape index (κ3) is 5.46. The molecule has 1 amide bonds. The van der Waals surface area contributed by atoms with Gasteiger partial charge in [0.15, 0.2) is 18.1 Å². The molecule has 162 valence electrons. The molecule has 10 heteroatoms. The van der Waals surface area contributed by atoms with Crippen LogP contribution in [0.2, 0.25) is 0 Å². The maximum absolute atomic E-state index is 12.5. The van der Waals surface area contributed by atoms with Crippen molar-refractivity contribution in [3.05, 3.63) is 59.1 Å². The SMILES string of the molecule is O=C(NCc1ccnc(OCC(F)(F)F)c1)c1ccc(-c2ccc3c(c2)OCCO3)s1. The molecule has 31 heavy (non-hydrogen) atoms. The van der Waals surface area contributed by atoms with E-state index in [-0.39, 0.29) is 18.3 Å². The van der Waals surface area contributed by atoms with E-state index >= 15 is 0 Å². The highest BCUT2D eigenvalue weighted by Crippen LogP contribution is 2.36. The van der Waals surface area contributed by atoms with Crippen LogP contribution < -0.4 is 19.5 Å². The highest BCUT2D eigenvalue weighted by Gasteiger charge is 2.28. The van der Waals surface area contributed by atoms with Crippen molar-refractivity contribution in [3.8, 4) is 27.8 Å². The van der Waals surface area contributed by atoms with Crippen molar-refractivity contribution >= 4 is 17.2 Å². The van der Waals surface area contributed by atoms with E-state index in [1.165, 1.54) is 23.6 Å². The number of amides is 1. The van der Waals surface area contributed by atoms with Crippen molar-refractivity contribution in [2.24, 2.45) is 0 Å². The fourth-order valence-corrected chi connectivity index (χ4v) is 3.80. The molecule has 4 rings (SSSR count). The minimum absolute atomic E-state index is 0.126. The van der Waals surface area contributed by atoms with Gasteiger partial charge in [-0.3, -0.25) is 4.79 Å². The van der Waals surface area contributed by atoms with Gasteiger partial charge in [0.25, 0.3) is 5.91 Å². The zero-order chi connectivity index (χ0) is 21.8. The molecular formula is C21H17F3N2O4S. The molecular weight excluding hydrogens is 433 g/mol. The Morgan fingerprint density at radius 1 is 1.10 bits per heavy atom. The number of nitrogens with zero attached hydrogens (tertiary/aromatic N) is 1. The normalized spacial score (nSPS) is 13.0. The number of hydrogen-bond acceptors (Lipinski definition) is 6. The summed E-state index contributed by atoms with van der Waals surface area (Å²) in [4.78, 5) is 17.6. The molecule has 1 aromatic carbocycles. The molecule has 0 fully saturated rings. The summed E-state index contributed by atoms with van der Waals surface area (Å²) >= 11 is 1.32. The molecule has 2 aromatic heterocycles. The second-order valence-electron chi connectivity index (χ2n) is 6.61. The number of rotatable bonds is 6. The average molecular weight is 450 g/mol. The van der Waals surface area contributed by atoms with E-state index in [1.807, 2.05) is 24.3 Å². The molecule has 0 spiro atoms. The van der Waals surface area contributed by atoms with Gasteiger partial charge < -0.3 is 19.5 Å². The number of carbonyl (C=O) groups is 1. The molecule has 0 atom stereocenters. The number of benzene rings is 1. The van der Waals surface area contributed by atoms with E-state index in [4.69, 9.17) is 9.47 Å². The first-order valence-electron chi connectivity index (χ1n) is 9.30. The van der Waals surface area contributed by atoms with Crippen molar-refractivity contribution in [2.75, 3.05) is 19.8 Å². The Balaban J connectivity index is 1.37. The Morgan fingerprint density at radius 2 is 1.90 bits per heavy atom. The smallest absolute Gasteiger partial charge is 0.422 e. The largest absolute Gasteiger partial charge is 0.486 e. The van der Waals surface area contributed by atoms with E-state index in [1.54, 1.807) is 12.1 Å². The summed E-state index contributed by atoms with van der Waals surface area (Å²) in [6.07, 6.45) is -3.11. The minimum Gasteiger partial charge on any atom is -0.486 e. The van der Waals surface area contributed by atoms with Crippen LogP contribution in [0.1, 0.15) is 15.2 Å². The van der Waals surface area contributed by atoms with Gasteiger partial charge in [-0.25, -0.2) is 4.98 Å². The summed E-state index contributed by atoms with van der Waals surface area (Å²) in [5, 5.41) is 2.75. The summed E-state index contributed by atoms with van der Waals surface area (Å²) in [7, 11) is 0. The van der Waals surface area contributed by atoms with Crippen LogP contribution in [-0.2, 0) is 6.54 Å². The minimum atomic E-state index is -4.44. The van der Waals surface area contributed by atoms with Crippen LogP contribution in [0.25, 0.3) is 10.4 Å². The lowest BCUT2D eigenvalue weighted by Gasteiger charge is -2.18. The summed E-state index contributed by atoms with van der Waals surface area (Å²) in [5.41, 5.74) is 1.48. The van der Waals surface area contributed by atoms with Crippen molar-refractivity contribution in [1.29, 1.82) is 0 Å². The predicted octanol–water partition coefficient (Wildman–Crippen LogP) is 4.45. The van der Waals surface area contributed by atoms with Crippen molar-refractivity contribution in [1.82, 2.24) is 10.3 Å². The average Bonchev–Trinajstić information content (AvgIpc) is 3.26. The van der Waals surface area contributed by atoms with E-state index in [0.717, 1.165) is 10.4 Å². The van der Waals surface area contributed by atoms with Crippen LogP contribution in [0.4, 0.5) is 13.2 Å². The topological polar surface area (TPSA) is 69.7 Å². The number of nitrogens with one attached hydrogen (secondary N) is 1. The Morgan fingerprint density at radius 3 is 2.71 bits per heavy atom. The number of fused-ring (bicyclic) bond motifs is 1. The van der Waals surface area contributed by atoms with Crippen LogP contribution in [0.3, 0.4) is 0 Å². The van der Waals surface area contributed by atoms with E-state index in [2.05, 4.69) is 15.0 Å². The number of aromatic nitrogens is 1. The molecule has 1 N–H and O–H groups in total. The Labute approximate surface area is 179 Å². The summed E-state index contributed by atoms with van der Waals surface area (Å²) in [5.74, 6) is 0.925. The Hall–Kier alpha value is -3.27. The molecule has 0 aliphatic carbocycles. The summed E-state index contributed by atoms with van der Waals surface area (Å²) in [6, 6.07) is 12.1. The van der Waals surface area contributed by atoms with Gasteiger partial charge in [-0.05, 0) is 47.5 Å². The number of halogens is 3. The maximum Gasteiger partial charge on any atom is 0.422 e. The van der Waals surface area contributed by atoms with E-state index in [0.29, 0.717) is 35.2 Å². The molecule has 0 unspecified atom stereocenters. The lowest BCUT2D eigenvalue weighted by molar-refractivity contribution is -0.154. The van der Waals surface area contributed by atoms with E-state index in [9.17, 15) is 18.0 Å². The first-order chi connectivity index (χ1) is 14.9. The molecule has 0 saturated carbocycles. The number of alkyl halides is 3. The van der Waals surface area contributed by atoms with Gasteiger partial charge in [0.1, 0.15) is 13.2 Å². The standard InChI is InChI=1S/C21H17F3N2O4S/c22-21(23,24)12-30-19-9-13(5-6-25-19)11-26-20(27)18-4-3-17(31-18)14-1-2-15-16(10-14)29-8-7-28-15/h1-6,9-10H,7-8,11-12H2,(H,26,27).